The van der Waals surface area contributed by atoms with E-state index in [9.17, 15) is 4.39 Å². The first-order valence-electron chi connectivity index (χ1n) is 7.89. The molecule has 1 fully saturated rings. The van der Waals surface area contributed by atoms with Gasteiger partial charge in [0.05, 0.1) is 6.61 Å². The molecule has 116 valence electrons. The Hall–Kier alpha value is -1.71. The molecule has 2 nitrogen and oxygen atoms in total. The van der Waals surface area contributed by atoms with E-state index in [0.29, 0.717) is 6.61 Å². The van der Waals surface area contributed by atoms with Gasteiger partial charge in [0.15, 0.2) is 0 Å². The summed E-state index contributed by atoms with van der Waals surface area (Å²) in [5, 5.41) is 0. The van der Waals surface area contributed by atoms with Crippen molar-refractivity contribution in [2.24, 2.45) is 0 Å². The summed E-state index contributed by atoms with van der Waals surface area (Å²) >= 11 is 0. The van der Waals surface area contributed by atoms with Crippen LogP contribution in [0.3, 0.4) is 0 Å². The zero-order chi connectivity index (χ0) is 15.4. The lowest BCUT2D eigenvalue weighted by Crippen LogP contribution is -2.37. The number of hydrogen-bond donors (Lipinski definition) is 0. The van der Waals surface area contributed by atoms with E-state index in [1.165, 1.54) is 30.5 Å². The fourth-order valence-electron chi connectivity index (χ4n) is 2.88. The zero-order valence-corrected chi connectivity index (χ0v) is 13.0. The number of hydrogen-bond acceptors (Lipinski definition) is 2. The zero-order valence-electron chi connectivity index (χ0n) is 13.0. The average molecular weight is 299 g/mol. The van der Waals surface area contributed by atoms with E-state index in [1.807, 2.05) is 0 Å². The van der Waals surface area contributed by atoms with Crippen LogP contribution in [0.15, 0.2) is 48.5 Å². The van der Waals surface area contributed by atoms with E-state index in [0.717, 1.165) is 24.1 Å². The summed E-state index contributed by atoms with van der Waals surface area (Å²) in [7, 11) is 2.13. The Balaban J connectivity index is 1.60. The van der Waals surface area contributed by atoms with Gasteiger partial charge in [0, 0.05) is 6.54 Å². The number of ether oxygens (including phenoxy) is 1. The second kappa shape index (κ2) is 7.03. The maximum atomic E-state index is 13.0. The molecule has 22 heavy (non-hydrogen) atoms. The van der Waals surface area contributed by atoms with E-state index >= 15 is 0 Å². The SMILES string of the molecule is CN1CCCCC1OCc1ccc(-c2ccc(F)cc2)cc1. The maximum Gasteiger partial charge on any atom is 0.123 e. The van der Waals surface area contributed by atoms with Crippen LogP contribution in [0.5, 0.6) is 0 Å². The summed E-state index contributed by atoms with van der Waals surface area (Å²) in [6.45, 7) is 1.76. The van der Waals surface area contributed by atoms with Crippen LogP contribution >= 0.6 is 0 Å². The molecular formula is C19H22FNO. The molecule has 0 saturated carbocycles. The number of benzene rings is 2. The molecule has 0 aliphatic carbocycles. The number of likely N-dealkylation sites (tertiary alicyclic amines) is 1. The Bertz CT molecular complexity index is 594. The van der Waals surface area contributed by atoms with Crippen molar-refractivity contribution in [2.75, 3.05) is 13.6 Å². The minimum Gasteiger partial charge on any atom is -0.358 e. The predicted octanol–water partition coefficient (Wildman–Crippen LogP) is 4.45. The Morgan fingerprint density at radius 2 is 1.64 bits per heavy atom. The van der Waals surface area contributed by atoms with Gasteiger partial charge >= 0.3 is 0 Å². The molecule has 0 aromatic heterocycles. The molecule has 2 aromatic carbocycles. The van der Waals surface area contributed by atoms with Crippen molar-refractivity contribution in [1.29, 1.82) is 0 Å². The number of piperidine rings is 1. The molecule has 0 radical (unpaired) electrons. The van der Waals surface area contributed by atoms with Crippen LogP contribution in [0.2, 0.25) is 0 Å². The summed E-state index contributed by atoms with van der Waals surface area (Å²) in [6.07, 6.45) is 3.87. The molecular weight excluding hydrogens is 277 g/mol. The van der Waals surface area contributed by atoms with Crippen molar-refractivity contribution >= 4 is 0 Å². The van der Waals surface area contributed by atoms with Crippen molar-refractivity contribution in [2.45, 2.75) is 32.1 Å². The molecule has 1 aliphatic rings. The largest absolute Gasteiger partial charge is 0.358 e. The quantitative estimate of drug-likeness (QED) is 0.827. The molecule has 0 amide bonds. The van der Waals surface area contributed by atoms with Crippen molar-refractivity contribution in [1.82, 2.24) is 4.90 Å². The van der Waals surface area contributed by atoms with E-state index in [-0.39, 0.29) is 12.0 Å². The minimum absolute atomic E-state index is 0.203. The first-order valence-corrected chi connectivity index (χ1v) is 7.89. The highest BCUT2D eigenvalue weighted by Gasteiger charge is 2.18. The summed E-state index contributed by atoms with van der Waals surface area (Å²) in [5.41, 5.74) is 3.30. The Morgan fingerprint density at radius 3 is 2.27 bits per heavy atom. The Kier molecular flexibility index (Phi) is 4.86. The van der Waals surface area contributed by atoms with E-state index in [2.05, 4.69) is 36.2 Å². The topological polar surface area (TPSA) is 12.5 Å². The second-order valence-corrected chi connectivity index (χ2v) is 5.95. The van der Waals surface area contributed by atoms with Gasteiger partial charge in [0.1, 0.15) is 12.0 Å². The number of rotatable bonds is 4. The predicted molar refractivity (Wildman–Crippen MR) is 86.9 cm³/mol. The van der Waals surface area contributed by atoms with Crippen LogP contribution < -0.4 is 0 Å². The van der Waals surface area contributed by atoms with Crippen LogP contribution in [0, 0.1) is 5.82 Å². The maximum absolute atomic E-state index is 13.0. The highest BCUT2D eigenvalue weighted by molar-refractivity contribution is 5.63. The van der Waals surface area contributed by atoms with Crippen molar-refractivity contribution in [3.05, 3.63) is 59.9 Å². The van der Waals surface area contributed by atoms with Gasteiger partial charge in [-0.25, -0.2) is 4.39 Å². The molecule has 2 aromatic rings. The number of nitrogens with zero attached hydrogens (tertiary/aromatic N) is 1. The minimum atomic E-state index is -0.203. The van der Waals surface area contributed by atoms with Gasteiger partial charge in [0.25, 0.3) is 0 Å². The summed E-state index contributed by atoms with van der Waals surface area (Å²) in [6, 6.07) is 14.9. The number of halogens is 1. The van der Waals surface area contributed by atoms with Crippen LogP contribution in [0.25, 0.3) is 11.1 Å². The molecule has 3 rings (SSSR count). The molecule has 1 atom stereocenters. The standard InChI is InChI=1S/C19H22FNO/c1-21-13-3-2-4-19(21)22-14-15-5-7-16(8-6-15)17-9-11-18(20)12-10-17/h5-12,19H,2-4,13-14H2,1H3. The lowest BCUT2D eigenvalue weighted by Gasteiger charge is -2.32. The lowest BCUT2D eigenvalue weighted by molar-refractivity contribution is -0.0761. The van der Waals surface area contributed by atoms with E-state index in [1.54, 1.807) is 12.1 Å². The van der Waals surface area contributed by atoms with Crippen molar-refractivity contribution < 1.29 is 9.13 Å². The molecule has 0 bridgehead atoms. The third-order valence-corrected chi connectivity index (χ3v) is 4.28. The van der Waals surface area contributed by atoms with E-state index in [4.69, 9.17) is 4.74 Å². The van der Waals surface area contributed by atoms with Gasteiger partial charge in [-0.3, -0.25) is 4.90 Å². The van der Waals surface area contributed by atoms with Crippen LogP contribution in [-0.2, 0) is 11.3 Å². The molecule has 1 saturated heterocycles. The van der Waals surface area contributed by atoms with Gasteiger partial charge in [0.2, 0.25) is 0 Å². The second-order valence-electron chi connectivity index (χ2n) is 5.95. The fourth-order valence-corrected chi connectivity index (χ4v) is 2.88. The molecule has 3 heteroatoms. The van der Waals surface area contributed by atoms with Gasteiger partial charge in [-0.05, 0) is 55.1 Å². The normalized spacial score (nSPS) is 19.3. The summed E-state index contributed by atoms with van der Waals surface area (Å²) < 4.78 is 19.0. The van der Waals surface area contributed by atoms with Crippen LogP contribution in [0.4, 0.5) is 4.39 Å². The highest BCUT2D eigenvalue weighted by Crippen LogP contribution is 2.21. The summed E-state index contributed by atoms with van der Waals surface area (Å²) in [4.78, 5) is 2.29. The molecule has 0 spiro atoms. The first kappa shape index (κ1) is 15.2. The third kappa shape index (κ3) is 3.73. The van der Waals surface area contributed by atoms with E-state index < -0.39 is 0 Å². The average Bonchev–Trinajstić information content (AvgIpc) is 2.55. The molecule has 1 heterocycles. The van der Waals surface area contributed by atoms with Gasteiger partial charge in [-0.1, -0.05) is 36.4 Å². The molecule has 1 unspecified atom stereocenters. The molecule has 0 N–H and O–H groups in total. The smallest absolute Gasteiger partial charge is 0.123 e. The monoisotopic (exact) mass is 299 g/mol. The Labute approximate surface area is 131 Å². The van der Waals surface area contributed by atoms with Crippen LogP contribution in [-0.4, -0.2) is 24.7 Å². The van der Waals surface area contributed by atoms with Gasteiger partial charge in [-0.2, -0.15) is 0 Å². The fraction of sp³-hybridized carbons (Fsp3) is 0.368. The van der Waals surface area contributed by atoms with Crippen molar-refractivity contribution in [3.8, 4) is 11.1 Å². The van der Waals surface area contributed by atoms with Crippen molar-refractivity contribution in [3.63, 3.8) is 0 Å². The van der Waals surface area contributed by atoms with Gasteiger partial charge < -0.3 is 4.74 Å². The summed E-state index contributed by atoms with van der Waals surface area (Å²) in [5.74, 6) is -0.203. The highest BCUT2D eigenvalue weighted by atomic mass is 19.1. The molecule has 1 aliphatic heterocycles. The third-order valence-electron chi connectivity index (χ3n) is 4.28. The van der Waals surface area contributed by atoms with Crippen LogP contribution in [0.1, 0.15) is 24.8 Å². The first-order chi connectivity index (χ1) is 10.7. The van der Waals surface area contributed by atoms with Gasteiger partial charge in [-0.15, -0.1) is 0 Å². The lowest BCUT2D eigenvalue weighted by atomic mass is 10.0. The Morgan fingerprint density at radius 1 is 1.00 bits per heavy atom.